The number of nitrogens with one attached hydrogen (secondary N) is 2. The first-order valence-corrected chi connectivity index (χ1v) is 12.8. The van der Waals surface area contributed by atoms with Gasteiger partial charge in [-0.3, -0.25) is 4.79 Å². The van der Waals surface area contributed by atoms with Crippen molar-refractivity contribution in [3.05, 3.63) is 84.9 Å². The predicted molar refractivity (Wildman–Crippen MR) is 126 cm³/mol. The molecule has 1 heterocycles. The number of amides is 1. The number of carbonyl (C=O) groups excluding carboxylic acids is 1. The molecule has 6 nitrogen and oxygen atoms in total. The van der Waals surface area contributed by atoms with E-state index in [1.165, 1.54) is 4.31 Å². The minimum atomic E-state index is -3.48. The Bertz CT molecular complexity index is 1150. The molecule has 166 valence electrons. The number of hydrogen-bond donors (Lipinski definition) is 2. The van der Waals surface area contributed by atoms with Gasteiger partial charge in [-0.25, -0.2) is 8.42 Å². The average molecular weight is 469 g/mol. The monoisotopic (exact) mass is 468 g/mol. The molecule has 2 N–H and O–H groups in total. The summed E-state index contributed by atoms with van der Waals surface area (Å²) >= 11 is 1.61. The molecule has 0 radical (unpaired) electrons. The summed E-state index contributed by atoms with van der Waals surface area (Å²) in [7, 11) is -3.48. The van der Waals surface area contributed by atoms with Crippen LogP contribution in [-0.4, -0.2) is 51.4 Å². The molecule has 0 atom stereocenters. The van der Waals surface area contributed by atoms with Crippen LogP contribution in [0, 0.1) is 0 Å². The Kier molecular flexibility index (Phi) is 7.26. The van der Waals surface area contributed by atoms with Crippen molar-refractivity contribution in [2.24, 2.45) is 0 Å². The van der Waals surface area contributed by atoms with Crippen molar-refractivity contribution in [3.63, 3.8) is 0 Å². The Morgan fingerprint density at radius 2 is 1.47 bits per heavy atom. The number of rotatable bonds is 7. The Morgan fingerprint density at radius 3 is 2.16 bits per heavy atom. The third-order valence-corrected chi connectivity index (χ3v) is 8.35. The van der Waals surface area contributed by atoms with Gasteiger partial charge in [-0.1, -0.05) is 60.3 Å². The molecule has 4 rings (SSSR count). The summed E-state index contributed by atoms with van der Waals surface area (Å²) in [5, 5.41) is 3.03. The highest BCUT2D eigenvalue weighted by Gasteiger charge is 2.31. The van der Waals surface area contributed by atoms with Gasteiger partial charge in [0.25, 0.3) is 5.91 Å². The quantitative estimate of drug-likeness (QED) is 0.559. The molecule has 3 aromatic carbocycles. The summed E-state index contributed by atoms with van der Waals surface area (Å²) in [6.07, 6.45) is 0. The fourth-order valence-corrected chi connectivity index (χ4v) is 6.04. The Labute approximate surface area is 193 Å². The molecule has 1 saturated heterocycles. The lowest BCUT2D eigenvalue weighted by Gasteiger charge is -2.31. The zero-order valence-electron chi connectivity index (χ0n) is 17.6. The predicted octanol–water partition coefficient (Wildman–Crippen LogP) is 2.37. The summed E-state index contributed by atoms with van der Waals surface area (Å²) in [5.74, 6) is -0.0690. The number of sulfonamides is 1. The van der Waals surface area contributed by atoms with Gasteiger partial charge in [0.1, 0.15) is 0 Å². The van der Waals surface area contributed by atoms with Gasteiger partial charge in [0.2, 0.25) is 10.0 Å². The molecule has 1 aliphatic rings. The van der Waals surface area contributed by atoms with Gasteiger partial charge in [0.05, 0.1) is 36.8 Å². The molecule has 0 saturated carbocycles. The Balaban J connectivity index is 1.33. The largest absolute Gasteiger partial charge is 0.325 e. The van der Waals surface area contributed by atoms with Crippen LogP contribution in [0.25, 0.3) is 0 Å². The fraction of sp³-hybridized carbons (Fsp3) is 0.208. The second kappa shape index (κ2) is 10.3. The van der Waals surface area contributed by atoms with E-state index in [1.54, 1.807) is 42.1 Å². The van der Waals surface area contributed by atoms with Crippen LogP contribution in [-0.2, 0) is 14.8 Å². The smallest absolute Gasteiger partial charge is 0.279 e. The van der Waals surface area contributed by atoms with Crippen molar-refractivity contribution in [2.45, 2.75) is 14.7 Å². The molecule has 1 aliphatic heterocycles. The number of hydrogen-bond acceptors (Lipinski definition) is 4. The summed E-state index contributed by atoms with van der Waals surface area (Å²) in [6, 6.07) is 26.3. The van der Waals surface area contributed by atoms with E-state index >= 15 is 0 Å². The van der Waals surface area contributed by atoms with Gasteiger partial charge in [-0.2, -0.15) is 4.31 Å². The number of piperazine rings is 1. The molecule has 0 bridgehead atoms. The van der Waals surface area contributed by atoms with Crippen LogP contribution >= 0.6 is 11.8 Å². The first-order valence-electron chi connectivity index (χ1n) is 10.5. The highest BCUT2D eigenvalue weighted by Crippen LogP contribution is 2.33. The van der Waals surface area contributed by atoms with Crippen LogP contribution in [0.3, 0.4) is 0 Å². The average Bonchev–Trinajstić information content (AvgIpc) is 2.82. The number of para-hydroxylation sites is 1. The maximum atomic E-state index is 12.8. The molecule has 8 heteroatoms. The lowest BCUT2D eigenvalue weighted by Crippen LogP contribution is -3.15. The Hall–Kier alpha value is -2.65. The number of nitrogens with zero attached hydrogens (tertiary/aromatic N) is 1. The van der Waals surface area contributed by atoms with Crippen molar-refractivity contribution in [1.82, 2.24) is 4.31 Å². The van der Waals surface area contributed by atoms with E-state index in [4.69, 9.17) is 0 Å². The highest BCUT2D eigenvalue weighted by molar-refractivity contribution is 7.99. The molecule has 3 aromatic rings. The maximum absolute atomic E-state index is 12.8. The van der Waals surface area contributed by atoms with Crippen LogP contribution in [0.1, 0.15) is 0 Å². The second-order valence-corrected chi connectivity index (χ2v) is 10.7. The maximum Gasteiger partial charge on any atom is 0.279 e. The fourth-order valence-electron chi connectivity index (χ4n) is 3.66. The third-order valence-electron chi connectivity index (χ3n) is 5.35. The molecule has 0 aromatic heterocycles. The van der Waals surface area contributed by atoms with Gasteiger partial charge in [0.15, 0.2) is 6.54 Å². The summed E-state index contributed by atoms with van der Waals surface area (Å²) in [6.45, 7) is 2.31. The highest BCUT2D eigenvalue weighted by atomic mass is 32.2. The summed E-state index contributed by atoms with van der Waals surface area (Å²) in [4.78, 5) is 16.2. The topological polar surface area (TPSA) is 70.9 Å². The standard InChI is InChI=1S/C24H25N3O3S2/c28-24(25-22-13-7-8-14-23(22)31-20-9-3-1-4-10-20)19-26-15-17-27(18-16-26)32(29,30)21-11-5-2-6-12-21/h1-14H,15-19H2,(H,25,28)/p+1. The van der Waals surface area contributed by atoms with E-state index in [2.05, 4.69) is 5.32 Å². The van der Waals surface area contributed by atoms with Gasteiger partial charge in [-0.15, -0.1) is 0 Å². The van der Waals surface area contributed by atoms with Crippen LogP contribution in [0.15, 0.2) is 99.6 Å². The van der Waals surface area contributed by atoms with Gasteiger partial charge >= 0.3 is 0 Å². The SMILES string of the molecule is O=C(C[NH+]1CCN(S(=O)(=O)c2ccccc2)CC1)Nc1ccccc1Sc1ccccc1. The Morgan fingerprint density at radius 1 is 0.875 bits per heavy atom. The van der Waals surface area contributed by atoms with E-state index < -0.39 is 10.0 Å². The van der Waals surface area contributed by atoms with Crippen molar-refractivity contribution in [2.75, 3.05) is 38.0 Å². The number of anilines is 1. The molecular weight excluding hydrogens is 442 g/mol. The van der Waals surface area contributed by atoms with Crippen LogP contribution < -0.4 is 10.2 Å². The van der Waals surface area contributed by atoms with Crippen molar-refractivity contribution in [1.29, 1.82) is 0 Å². The zero-order chi connectivity index (χ0) is 22.4. The minimum Gasteiger partial charge on any atom is -0.325 e. The molecule has 32 heavy (non-hydrogen) atoms. The van der Waals surface area contributed by atoms with E-state index in [0.29, 0.717) is 37.6 Å². The van der Waals surface area contributed by atoms with Crippen molar-refractivity contribution < 1.29 is 18.1 Å². The molecule has 0 aliphatic carbocycles. The van der Waals surface area contributed by atoms with Gasteiger partial charge in [0, 0.05) is 9.79 Å². The molecular formula is C24H26N3O3S2+. The van der Waals surface area contributed by atoms with Crippen molar-refractivity contribution >= 4 is 33.4 Å². The lowest BCUT2D eigenvalue weighted by atomic mass is 10.3. The summed E-state index contributed by atoms with van der Waals surface area (Å²) < 4.78 is 27.1. The van der Waals surface area contributed by atoms with Crippen molar-refractivity contribution in [3.8, 4) is 0 Å². The van der Waals surface area contributed by atoms with E-state index in [1.807, 2.05) is 54.6 Å². The zero-order valence-corrected chi connectivity index (χ0v) is 19.2. The number of benzene rings is 3. The first-order chi connectivity index (χ1) is 15.5. The number of quaternary nitrogens is 1. The first kappa shape index (κ1) is 22.5. The molecule has 1 fully saturated rings. The number of carbonyl (C=O) groups is 1. The van der Waals surface area contributed by atoms with Gasteiger partial charge in [-0.05, 0) is 36.4 Å². The normalized spacial score (nSPS) is 15.4. The second-order valence-electron chi connectivity index (χ2n) is 7.60. The lowest BCUT2D eigenvalue weighted by molar-refractivity contribution is -0.895. The van der Waals surface area contributed by atoms with Crippen LogP contribution in [0.2, 0.25) is 0 Å². The van der Waals surface area contributed by atoms with E-state index in [0.717, 1.165) is 20.4 Å². The van der Waals surface area contributed by atoms with E-state index in [9.17, 15) is 13.2 Å². The van der Waals surface area contributed by atoms with E-state index in [-0.39, 0.29) is 5.91 Å². The summed E-state index contributed by atoms with van der Waals surface area (Å²) in [5.41, 5.74) is 0.788. The van der Waals surface area contributed by atoms with Crippen LogP contribution in [0.4, 0.5) is 5.69 Å². The minimum absolute atomic E-state index is 0.0690. The third kappa shape index (κ3) is 5.58. The van der Waals surface area contributed by atoms with Gasteiger partial charge < -0.3 is 10.2 Å². The van der Waals surface area contributed by atoms with Crippen LogP contribution in [0.5, 0.6) is 0 Å². The molecule has 1 amide bonds. The molecule has 0 unspecified atom stereocenters. The molecule has 0 spiro atoms.